The van der Waals surface area contributed by atoms with Gasteiger partial charge in [0.1, 0.15) is 0 Å². The lowest BCUT2D eigenvalue weighted by molar-refractivity contribution is -0.119. The van der Waals surface area contributed by atoms with Crippen LogP contribution in [0.15, 0.2) is 24.3 Å². The first-order valence-corrected chi connectivity index (χ1v) is 7.01. The molecule has 0 saturated carbocycles. The molecule has 1 heterocycles. The summed E-state index contributed by atoms with van der Waals surface area (Å²) in [5, 5.41) is 5.55. The Labute approximate surface area is 124 Å². The van der Waals surface area contributed by atoms with E-state index in [-0.39, 0.29) is 17.4 Å². The molecule has 0 unspecified atom stereocenters. The lowest BCUT2D eigenvalue weighted by atomic mass is 9.87. The normalized spacial score (nSPS) is 16.6. The minimum Gasteiger partial charge on any atom is -0.336 e. The minimum atomic E-state index is -0.601. The summed E-state index contributed by atoms with van der Waals surface area (Å²) in [4.78, 5) is 25.4. The molecule has 0 bridgehead atoms. The van der Waals surface area contributed by atoms with Crippen LogP contribution in [0.3, 0.4) is 0 Å². The SMILES string of the molecule is CC(C)(C)[C@@H](N)C(=O)Nc1cccc(N2CCNC2=O)c1. The number of urea groups is 1. The standard InChI is InChI=1S/C15H22N4O2/c1-15(2,3)12(16)13(20)18-10-5-4-6-11(9-10)19-8-7-17-14(19)21/h4-6,9,12H,7-8,16H2,1-3H3,(H,17,21)(H,18,20)/t12-/m0/s1. The first kappa shape index (κ1) is 15.3. The molecule has 0 aliphatic carbocycles. The average molecular weight is 290 g/mol. The third kappa shape index (κ3) is 3.52. The molecule has 1 atom stereocenters. The predicted octanol–water partition coefficient (Wildman–Crippen LogP) is 1.53. The number of nitrogens with two attached hydrogens (primary N) is 1. The number of carbonyl (C=O) groups excluding carboxylic acids is 2. The van der Waals surface area contributed by atoms with Crippen molar-refractivity contribution in [3.05, 3.63) is 24.3 Å². The second kappa shape index (κ2) is 5.73. The highest BCUT2D eigenvalue weighted by atomic mass is 16.2. The number of carbonyl (C=O) groups is 2. The third-order valence-electron chi connectivity index (χ3n) is 3.50. The van der Waals surface area contributed by atoms with E-state index in [1.165, 1.54) is 0 Å². The molecule has 114 valence electrons. The zero-order valence-corrected chi connectivity index (χ0v) is 12.6. The molecule has 6 nitrogen and oxygen atoms in total. The van der Waals surface area contributed by atoms with Crippen LogP contribution in [0.2, 0.25) is 0 Å². The van der Waals surface area contributed by atoms with E-state index >= 15 is 0 Å². The predicted molar refractivity (Wildman–Crippen MR) is 83.2 cm³/mol. The van der Waals surface area contributed by atoms with Gasteiger partial charge < -0.3 is 16.4 Å². The van der Waals surface area contributed by atoms with Crippen LogP contribution >= 0.6 is 0 Å². The van der Waals surface area contributed by atoms with Crippen molar-refractivity contribution in [1.29, 1.82) is 0 Å². The van der Waals surface area contributed by atoms with Crippen LogP contribution in [0.5, 0.6) is 0 Å². The fraction of sp³-hybridized carbons (Fsp3) is 0.467. The zero-order valence-electron chi connectivity index (χ0n) is 12.6. The number of anilines is 2. The summed E-state index contributed by atoms with van der Waals surface area (Å²) in [5.74, 6) is -0.231. The van der Waals surface area contributed by atoms with Crippen molar-refractivity contribution in [3.63, 3.8) is 0 Å². The molecule has 1 fully saturated rings. The van der Waals surface area contributed by atoms with Gasteiger partial charge in [0, 0.05) is 24.5 Å². The number of amides is 3. The number of nitrogens with zero attached hydrogens (tertiary/aromatic N) is 1. The van der Waals surface area contributed by atoms with E-state index in [1.54, 1.807) is 23.1 Å². The zero-order chi connectivity index (χ0) is 15.6. The van der Waals surface area contributed by atoms with Gasteiger partial charge in [-0.05, 0) is 23.6 Å². The maximum atomic E-state index is 12.1. The Morgan fingerprint density at radius 3 is 2.71 bits per heavy atom. The molecular weight excluding hydrogens is 268 g/mol. The number of hydrogen-bond donors (Lipinski definition) is 3. The van der Waals surface area contributed by atoms with E-state index in [4.69, 9.17) is 5.73 Å². The summed E-state index contributed by atoms with van der Waals surface area (Å²) < 4.78 is 0. The van der Waals surface area contributed by atoms with Crippen molar-refractivity contribution in [3.8, 4) is 0 Å². The second-order valence-corrected chi connectivity index (χ2v) is 6.27. The van der Waals surface area contributed by atoms with Gasteiger partial charge in [0.15, 0.2) is 0 Å². The van der Waals surface area contributed by atoms with Gasteiger partial charge >= 0.3 is 6.03 Å². The molecule has 21 heavy (non-hydrogen) atoms. The molecule has 1 aliphatic rings. The first-order chi connectivity index (χ1) is 9.79. The van der Waals surface area contributed by atoms with Gasteiger partial charge in [0.25, 0.3) is 0 Å². The largest absolute Gasteiger partial charge is 0.336 e. The Morgan fingerprint density at radius 1 is 1.43 bits per heavy atom. The fourth-order valence-electron chi connectivity index (χ4n) is 2.08. The van der Waals surface area contributed by atoms with Gasteiger partial charge in [-0.15, -0.1) is 0 Å². The van der Waals surface area contributed by atoms with Gasteiger partial charge in [-0.2, -0.15) is 0 Å². The van der Waals surface area contributed by atoms with Crippen LogP contribution in [0, 0.1) is 5.41 Å². The Hall–Kier alpha value is -2.08. The van der Waals surface area contributed by atoms with Crippen LogP contribution in [-0.4, -0.2) is 31.1 Å². The van der Waals surface area contributed by atoms with E-state index in [9.17, 15) is 9.59 Å². The number of hydrogen-bond acceptors (Lipinski definition) is 3. The highest BCUT2D eigenvalue weighted by Crippen LogP contribution is 2.23. The molecule has 0 aromatic heterocycles. The first-order valence-electron chi connectivity index (χ1n) is 7.01. The van der Waals surface area contributed by atoms with E-state index in [0.29, 0.717) is 18.8 Å². The lowest BCUT2D eigenvalue weighted by Crippen LogP contribution is -2.45. The van der Waals surface area contributed by atoms with Crippen molar-refractivity contribution in [2.45, 2.75) is 26.8 Å². The highest BCUT2D eigenvalue weighted by molar-refractivity contribution is 5.97. The Morgan fingerprint density at radius 2 is 2.14 bits per heavy atom. The summed E-state index contributed by atoms with van der Waals surface area (Å²) in [5.41, 5.74) is 7.02. The number of benzene rings is 1. The fourth-order valence-corrected chi connectivity index (χ4v) is 2.08. The minimum absolute atomic E-state index is 0.120. The molecule has 1 aliphatic heterocycles. The summed E-state index contributed by atoms with van der Waals surface area (Å²) in [6, 6.07) is 6.48. The molecule has 1 aromatic rings. The van der Waals surface area contributed by atoms with Crippen LogP contribution in [-0.2, 0) is 4.79 Å². The monoisotopic (exact) mass is 290 g/mol. The Balaban J connectivity index is 2.11. The average Bonchev–Trinajstić information content (AvgIpc) is 2.83. The van der Waals surface area contributed by atoms with Crippen molar-refractivity contribution < 1.29 is 9.59 Å². The summed E-state index contributed by atoms with van der Waals surface area (Å²) in [7, 11) is 0. The molecule has 1 aromatic carbocycles. The lowest BCUT2D eigenvalue weighted by Gasteiger charge is -2.26. The molecular formula is C15H22N4O2. The van der Waals surface area contributed by atoms with Gasteiger partial charge in [-0.3, -0.25) is 9.69 Å². The van der Waals surface area contributed by atoms with Crippen molar-refractivity contribution >= 4 is 23.3 Å². The van der Waals surface area contributed by atoms with Crippen LogP contribution in [0.4, 0.5) is 16.2 Å². The van der Waals surface area contributed by atoms with Crippen molar-refractivity contribution in [2.75, 3.05) is 23.3 Å². The second-order valence-electron chi connectivity index (χ2n) is 6.27. The quantitative estimate of drug-likeness (QED) is 0.789. The highest BCUT2D eigenvalue weighted by Gasteiger charge is 2.27. The van der Waals surface area contributed by atoms with Crippen molar-refractivity contribution in [2.24, 2.45) is 11.1 Å². The Bertz CT molecular complexity index is 551. The van der Waals surface area contributed by atoms with Crippen LogP contribution < -0.4 is 21.3 Å². The summed E-state index contributed by atoms with van der Waals surface area (Å²) in [6.07, 6.45) is 0. The number of rotatable bonds is 3. The molecule has 1 saturated heterocycles. The third-order valence-corrected chi connectivity index (χ3v) is 3.50. The van der Waals surface area contributed by atoms with Gasteiger partial charge in [-0.25, -0.2) is 4.79 Å². The molecule has 0 radical (unpaired) electrons. The topological polar surface area (TPSA) is 87.5 Å². The van der Waals surface area contributed by atoms with Gasteiger partial charge in [-0.1, -0.05) is 26.8 Å². The molecule has 2 rings (SSSR count). The summed E-state index contributed by atoms with van der Waals surface area (Å²) >= 11 is 0. The molecule has 6 heteroatoms. The molecule has 0 spiro atoms. The van der Waals surface area contributed by atoms with Crippen LogP contribution in [0.25, 0.3) is 0 Å². The smallest absolute Gasteiger partial charge is 0.321 e. The maximum absolute atomic E-state index is 12.1. The van der Waals surface area contributed by atoms with Gasteiger partial charge in [0.2, 0.25) is 5.91 Å². The van der Waals surface area contributed by atoms with E-state index < -0.39 is 6.04 Å². The number of nitrogens with one attached hydrogen (secondary N) is 2. The molecule has 3 amide bonds. The molecule has 4 N–H and O–H groups in total. The van der Waals surface area contributed by atoms with Gasteiger partial charge in [0.05, 0.1) is 6.04 Å². The van der Waals surface area contributed by atoms with E-state index in [0.717, 1.165) is 5.69 Å². The van der Waals surface area contributed by atoms with Crippen LogP contribution in [0.1, 0.15) is 20.8 Å². The Kier molecular flexibility index (Phi) is 4.18. The van der Waals surface area contributed by atoms with E-state index in [2.05, 4.69) is 10.6 Å². The summed E-state index contributed by atoms with van der Waals surface area (Å²) in [6.45, 7) is 7.01. The van der Waals surface area contributed by atoms with E-state index in [1.807, 2.05) is 26.8 Å². The van der Waals surface area contributed by atoms with Crippen molar-refractivity contribution in [1.82, 2.24) is 5.32 Å². The maximum Gasteiger partial charge on any atom is 0.321 e.